The quantitative estimate of drug-likeness (QED) is 0.728. The number of hydrogen-bond donors (Lipinski definition) is 1. The van der Waals surface area contributed by atoms with Gasteiger partial charge in [0.2, 0.25) is 0 Å². The van der Waals surface area contributed by atoms with Gasteiger partial charge in [-0.3, -0.25) is 0 Å². The Hall–Kier alpha value is -3.47. The zero-order chi connectivity index (χ0) is 17.0. The van der Waals surface area contributed by atoms with Crippen LogP contribution in [0, 0.1) is 0 Å². The van der Waals surface area contributed by atoms with E-state index in [2.05, 4.69) is 62.7 Å². The molecule has 0 saturated carbocycles. The topological polar surface area (TPSA) is 63.2 Å². The van der Waals surface area contributed by atoms with Crippen LogP contribution in [0.2, 0.25) is 0 Å². The number of nitrogens with zero attached hydrogens (tertiary/aromatic N) is 4. The van der Waals surface area contributed by atoms with Crippen LogP contribution in [-0.4, -0.2) is 5.96 Å². The van der Waals surface area contributed by atoms with Gasteiger partial charge in [0.15, 0.2) is 0 Å². The van der Waals surface area contributed by atoms with Crippen LogP contribution in [0.15, 0.2) is 106 Å². The maximum atomic E-state index is 3.99. The second-order valence-corrected chi connectivity index (χ2v) is 5.68. The highest BCUT2D eigenvalue weighted by molar-refractivity contribution is 5.83. The minimum atomic E-state index is -0.651. The van der Waals surface area contributed by atoms with E-state index < -0.39 is 5.54 Å². The molecule has 1 radical (unpaired) electrons. The molecule has 0 fully saturated rings. The first-order chi connectivity index (χ1) is 12.4. The maximum Gasteiger partial charge on any atom is 0.267 e. The zero-order valence-corrected chi connectivity index (χ0v) is 13.4. The number of benzene rings is 3. The zero-order valence-electron chi connectivity index (χ0n) is 13.4. The second-order valence-electron chi connectivity index (χ2n) is 5.68. The lowest BCUT2D eigenvalue weighted by Gasteiger charge is -2.36. The Kier molecular flexibility index (Phi) is 3.96. The van der Waals surface area contributed by atoms with Crippen LogP contribution < -0.4 is 10.9 Å². The first kappa shape index (κ1) is 15.1. The minimum absolute atomic E-state index is 0.386. The van der Waals surface area contributed by atoms with Crippen molar-refractivity contribution in [3.05, 3.63) is 108 Å². The molecule has 0 spiro atoms. The fourth-order valence-corrected chi connectivity index (χ4v) is 3.14. The Morgan fingerprint density at radius 3 is 1.40 bits per heavy atom. The van der Waals surface area contributed by atoms with Gasteiger partial charge >= 0.3 is 0 Å². The summed E-state index contributed by atoms with van der Waals surface area (Å²) in [6.07, 6.45) is 0. The molecule has 1 aliphatic rings. The largest absolute Gasteiger partial charge is 0.334 e. The summed E-state index contributed by atoms with van der Waals surface area (Å²) in [5, 5.41) is 15.1. The van der Waals surface area contributed by atoms with Crippen molar-refractivity contribution < 1.29 is 0 Å². The van der Waals surface area contributed by atoms with E-state index in [9.17, 15) is 0 Å². The normalized spacial score (nSPS) is 13.2. The third kappa shape index (κ3) is 2.76. The first-order valence-corrected chi connectivity index (χ1v) is 8.03. The average molecular weight is 326 g/mol. The summed E-state index contributed by atoms with van der Waals surface area (Å²) in [6, 6.07) is 30.7. The molecule has 0 aliphatic carbocycles. The standard InChI is InChI=1S/C20H16N5/c1-4-10-16(11-5-1)20(17-12-6-2-7-13-17,18-14-8-3-9-15-18)21-19-22-24-25-23-19/h1-15H,(H,21,22). The summed E-state index contributed by atoms with van der Waals surface area (Å²) in [4.78, 5) is 0. The van der Waals surface area contributed by atoms with E-state index in [4.69, 9.17) is 0 Å². The maximum absolute atomic E-state index is 3.99. The van der Waals surface area contributed by atoms with Gasteiger partial charge in [0.25, 0.3) is 5.96 Å². The van der Waals surface area contributed by atoms with Gasteiger partial charge in [-0.2, -0.15) is 0 Å². The lowest BCUT2D eigenvalue weighted by atomic mass is 9.77. The third-order valence-corrected chi connectivity index (χ3v) is 4.24. The van der Waals surface area contributed by atoms with Crippen molar-refractivity contribution in [1.29, 1.82) is 0 Å². The lowest BCUT2D eigenvalue weighted by molar-refractivity contribution is 0.571. The molecule has 25 heavy (non-hydrogen) atoms. The van der Waals surface area contributed by atoms with E-state index >= 15 is 0 Å². The van der Waals surface area contributed by atoms with Gasteiger partial charge < -0.3 is 5.32 Å². The van der Waals surface area contributed by atoms with Crippen LogP contribution in [0.5, 0.6) is 0 Å². The van der Waals surface area contributed by atoms with Crippen LogP contribution in [0.3, 0.4) is 0 Å². The SMILES string of the molecule is c1ccc(C(NC2=N[N]N=N2)(c2ccccc2)c2ccccc2)cc1. The average Bonchev–Trinajstić information content (AvgIpc) is 3.21. The van der Waals surface area contributed by atoms with Crippen molar-refractivity contribution in [3.8, 4) is 0 Å². The third-order valence-electron chi connectivity index (χ3n) is 4.24. The number of hydrogen-bond acceptors (Lipinski definition) is 4. The Morgan fingerprint density at radius 2 is 1.04 bits per heavy atom. The van der Waals surface area contributed by atoms with E-state index in [1.54, 1.807) is 0 Å². The summed E-state index contributed by atoms with van der Waals surface area (Å²) in [7, 11) is 0. The lowest BCUT2D eigenvalue weighted by Crippen LogP contribution is -2.47. The van der Waals surface area contributed by atoms with Crippen molar-refractivity contribution >= 4 is 5.96 Å². The molecule has 5 nitrogen and oxygen atoms in total. The molecule has 5 heteroatoms. The van der Waals surface area contributed by atoms with Crippen molar-refractivity contribution in [2.75, 3.05) is 0 Å². The number of guanidine groups is 1. The molecule has 121 valence electrons. The molecule has 0 saturated heterocycles. The Balaban J connectivity index is 1.99. The van der Waals surface area contributed by atoms with Crippen LogP contribution in [-0.2, 0) is 5.54 Å². The molecule has 3 aromatic rings. The summed E-state index contributed by atoms with van der Waals surface area (Å²) < 4.78 is 0. The molecule has 3 aromatic carbocycles. The second kappa shape index (κ2) is 6.57. The van der Waals surface area contributed by atoms with Crippen LogP contribution in [0.25, 0.3) is 0 Å². The summed E-state index contributed by atoms with van der Waals surface area (Å²) in [5.74, 6) is 0.386. The molecule has 1 N–H and O–H groups in total. The highest BCUT2D eigenvalue weighted by Gasteiger charge is 2.37. The monoisotopic (exact) mass is 326 g/mol. The van der Waals surface area contributed by atoms with Crippen molar-refractivity contribution in [2.24, 2.45) is 15.4 Å². The molecule has 0 amide bonds. The van der Waals surface area contributed by atoms with Crippen molar-refractivity contribution in [3.63, 3.8) is 0 Å². The smallest absolute Gasteiger partial charge is 0.267 e. The Morgan fingerprint density at radius 1 is 0.600 bits per heavy atom. The number of rotatable bonds is 4. The van der Waals surface area contributed by atoms with Gasteiger partial charge in [-0.25, -0.2) is 0 Å². The summed E-state index contributed by atoms with van der Waals surface area (Å²) >= 11 is 0. The highest BCUT2D eigenvalue weighted by atomic mass is 15.7. The fraction of sp³-hybridized carbons (Fsp3) is 0.0500. The first-order valence-electron chi connectivity index (χ1n) is 8.03. The van der Waals surface area contributed by atoms with Gasteiger partial charge in [0.05, 0.1) is 0 Å². The molecule has 0 atom stereocenters. The molecule has 1 aliphatic heterocycles. The van der Waals surface area contributed by atoms with Crippen LogP contribution in [0.1, 0.15) is 16.7 Å². The summed E-state index contributed by atoms with van der Waals surface area (Å²) in [5.41, 5.74) is 6.20. The van der Waals surface area contributed by atoms with E-state index in [1.165, 1.54) is 0 Å². The van der Waals surface area contributed by atoms with Gasteiger partial charge in [0.1, 0.15) is 5.54 Å². The van der Waals surface area contributed by atoms with E-state index in [1.807, 2.05) is 54.6 Å². The van der Waals surface area contributed by atoms with Gasteiger partial charge in [-0.15, -0.1) is 0 Å². The van der Waals surface area contributed by atoms with Crippen LogP contribution in [0.4, 0.5) is 0 Å². The Bertz CT molecular complexity index is 792. The van der Waals surface area contributed by atoms with Crippen molar-refractivity contribution in [1.82, 2.24) is 10.9 Å². The van der Waals surface area contributed by atoms with E-state index in [0.717, 1.165) is 16.7 Å². The molecule has 4 rings (SSSR count). The molecular formula is C20H16N5. The van der Waals surface area contributed by atoms with E-state index in [0.29, 0.717) is 5.96 Å². The molecule has 0 bridgehead atoms. The molecule has 1 heterocycles. The van der Waals surface area contributed by atoms with Gasteiger partial charge in [-0.05, 0) is 27.4 Å². The predicted octanol–water partition coefficient (Wildman–Crippen LogP) is 3.82. The van der Waals surface area contributed by atoms with Crippen molar-refractivity contribution in [2.45, 2.75) is 5.54 Å². The minimum Gasteiger partial charge on any atom is -0.334 e. The van der Waals surface area contributed by atoms with E-state index in [-0.39, 0.29) is 0 Å². The molecule has 0 aromatic heterocycles. The fourth-order valence-electron chi connectivity index (χ4n) is 3.14. The summed E-state index contributed by atoms with van der Waals surface area (Å²) in [6.45, 7) is 0. The van der Waals surface area contributed by atoms with Crippen LogP contribution >= 0.6 is 0 Å². The predicted molar refractivity (Wildman–Crippen MR) is 96.8 cm³/mol. The van der Waals surface area contributed by atoms with Gasteiger partial charge in [0, 0.05) is 0 Å². The highest BCUT2D eigenvalue weighted by Crippen LogP contribution is 2.36. The molecular weight excluding hydrogens is 310 g/mol. The molecule has 0 unspecified atom stereocenters. The van der Waals surface area contributed by atoms with Gasteiger partial charge in [-0.1, -0.05) is 101 Å². The Labute approximate surface area is 146 Å². The number of nitrogens with one attached hydrogen (secondary N) is 1.